The SMILES string of the molecule is COc1ccc(F)cc1C(C)NC(C)CC1CCCN1. The predicted molar refractivity (Wildman–Crippen MR) is 79.6 cm³/mol. The molecule has 1 aliphatic rings. The second-order valence-electron chi connectivity index (χ2n) is 5.70. The monoisotopic (exact) mass is 280 g/mol. The van der Waals surface area contributed by atoms with E-state index >= 15 is 0 Å². The largest absolute Gasteiger partial charge is 0.496 e. The molecule has 112 valence electrons. The van der Waals surface area contributed by atoms with Gasteiger partial charge in [-0.15, -0.1) is 0 Å². The van der Waals surface area contributed by atoms with Crippen LogP contribution >= 0.6 is 0 Å². The first kappa shape index (κ1) is 15.3. The Labute approximate surface area is 120 Å². The molecule has 0 aliphatic carbocycles. The molecule has 1 saturated heterocycles. The molecular weight excluding hydrogens is 255 g/mol. The highest BCUT2D eigenvalue weighted by molar-refractivity contribution is 5.36. The Balaban J connectivity index is 1.96. The van der Waals surface area contributed by atoms with Crippen LogP contribution in [0, 0.1) is 5.82 Å². The second kappa shape index (κ2) is 7.04. The average molecular weight is 280 g/mol. The highest BCUT2D eigenvalue weighted by Gasteiger charge is 2.19. The molecule has 3 nitrogen and oxygen atoms in total. The van der Waals surface area contributed by atoms with Crippen molar-refractivity contribution < 1.29 is 9.13 Å². The lowest BCUT2D eigenvalue weighted by atomic mass is 10.0. The summed E-state index contributed by atoms with van der Waals surface area (Å²) in [4.78, 5) is 0. The molecule has 2 N–H and O–H groups in total. The molecule has 1 aromatic carbocycles. The van der Waals surface area contributed by atoms with Gasteiger partial charge in [0.05, 0.1) is 7.11 Å². The lowest BCUT2D eigenvalue weighted by Crippen LogP contribution is -2.35. The molecule has 20 heavy (non-hydrogen) atoms. The van der Waals surface area contributed by atoms with E-state index in [1.54, 1.807) is 19.2 Å². The normalized spacial score (nSPS) is 21.7. The minimum atomic E-state index is -0.223. The maximum Gasteiger partial charge on any atom is 0.123 e. The Morgan fingerprint density at radius 2 is 2.25 bits per heavy atom. The van der Waals surface area contributed by atoms with Gasteiger partial charge in [0, 0.05) is 23.7 Å². The maximum atomic E-state index is 13.4. The molecule has 0 radical (unpaired) electrons. The summed E-state index contributed by atoms with van der Waals surface area (Å²) in [6.07, 6.45) is 3.62. The molecule has 1 aliphatic heterocycles. The third-order valence-corrected chi connectivity index (χ3v) is 3.99. The quantitative estimate of drug-likeness (QED) is 0.840. The van der Waals surface area contributed by atoms with Crippen LogP contribution in [-0.4, -0.2) is 25.7 Å². The van der Waals surface area contributed by atoms with Crippen molar-refractivity contribution in [1.82, 2.24) is 10.6 Å². The van der Waals surface area contributed by atoms with Gasteiger partial charge in [-0.05, 0) is 57.9 Å². The van der Waals surface area contributed by atoms with Crippen LogP contribution in [0.5, 0.6) is 5.75 Å². The van der Waals surface area contributed by atoms with Crippen molar-refractivity contribution >= 4 is 0 Å². The topological polar surface area (TPSA) is 33.3 Å². The van der Waals surface area contributed by atoms with Crippen LogP contribution in [-0.2, 0) is 0 Å². The standard InChI is InChI=1S/C16H25FN2O/c1-11(9-14-5-4-8-18-14)19-12(2)15-10-13(17)6-7-16(15)20-3/h6-7,10-12,14,18-19H,4-5,8-9H2,1-3H3. The van der Waals surface area contributed by atoms with E-state index in [4.69, 9.17) is 4.74 Å². The van der Waals surface area contributed by atoms with Crippen molar-refractivity contribution in [3.8, 4) is 5.75 Å². The summed E-state index contributed by atoms with van der Waals surface area (Å²) in [7, 11) is 1.62. The van der Waals surface area contributed by atoms with E-state index in [1.807, 2.05) is 0 Å². The summed E-state index contributed by atoms with van der Waals surface area (Å²) in [6.45, 7) is 5.36. The summed E-state index contributed by atoms with van der Waals surface area (Å²) in [5.74, 6) is 0.511. The fraction of sp³-hybridized carbons (Fsp3) is 0.625. The molecule has 0 spiro atoms. The summed E-state index contributed by atoms with van der Waals surface area (Å²) >= 11 is 0. The van der Waals surface area contributed by atoms with Gasteiger partial charge in [0.2, 0.25) is 0 Å². The smallest absolute Gasteiger partial charge is 0.123 e. The van der Waals surface area contributed by atoms with Crippen molar-refractivity contribution in [3.63, 3.8) is 0 Å². The molecule has 0 aromatic heterocycles. The van der Waals surface area contributed by atoms with Crippen LogP contribution in [0.2, 0.25) is 0 Å². The lowest BCUT2D eigenvalue weighted by molar-refractivity contribution is 0.379. The molecule has 3 unspecified atom stereocenters. The van der Waals surface area contributed by atoms with Crippen LogP contribution in [0.3, 0.4) is 0 Å². The van der Waals surface area contributed by atoms with E-state index in [0.29, 0.717) is 12.1 Å². The summed E-state index contributed by atoms with van der Waals surface area (Å²) < 4.78 is 18.7. The molecule has 0 amide bonds. The molecule has 0 saturated carbocycles. The van der Waals surface area contributed by atoms with Gasteiger partial charge in [-0.25, -0.2) is 4.39 Å². The number of hydrogen-bond acceptors (Lipinski definition) is 3. The van der Waals surface area contributed by atoms with Gasteiger partial charge in [0.15, 0.2) is 0 Å². The average Bonchev–Trinajstić information content (AvgIpc) is 2.91. The van der Waals surface area contributed by atoms with Crippen LogP contribution < -0.4 is 15.4 Å². The molecular formula is C16H25FN2O. The number of halogens is 1. The maximum absolute atomic E-state index is 13.4. The van der Waals surface area contributed by atoms with Crippen LogP contribution in [0.4, 0.5) is 4.39 Å². The number of benzene rings is 1. The van der Waals surface area contributed by atoms with Gasteiger partial charge in [-0.3, -0.25) is 0 Å². The van der Waals surface area contributed by atoms with Crippen molar-refractivity contribution in [3.05, 3.63) is 29.6 Å². The van der Waals surface area contributed by atoms with Gasteiger partial charge in [0.1, 0.15) is 11.6 Å². The zero-order valence-electron chi connectivity index (χ0n) is 12.6. The third kappa shape index (κ3) is 3.93. The summed E-state index contributed by atoms with van der Waals surface area (Å²) in [6, 6.07) is 5.73. The number of rotatable bonds is 6. The zero-order chi connectivity index (χ0) is 14.5. The minimum Gasteiger partial charge on any atom is -0.496 e. The zero-order valence-corrected chi connectivity index (χ0v) is 12.6. The van der Waals surface area contributed by atoms with Crippen molar-refractivity contribution in [2.45, 2.75) is 51.2 Å². The van der Waals surface area contributed by atoms with Gasteiger partial charge >= 0.3 is 0 Å². The Hall–Kier alpha value is -1.13. The Bertz CT molecular complexity index is 432. The Morgan fingerprint density at radius 1 is 1.45 bits per heavy atom. The molecule has 3 atom stereocenters. The minimum absolute atomic E-state index is 0.0667. The third-order valence-electron chi connectivity index (χ3n) is 3.99. The fourth-order valence-corrected chi connectivity index (χ4v) is 3.01. The van der Waals surface area contributed by atoms with Crippen LogP contribution in [0.1, 0.15) is 44.7 Å². The molecule has 1 heterocycles. The number of hydrogen-bond donors (Lipinski definition) is 2. The second-order valence-corrected chi connectivity index (χ2v) is 5.70. The Morgan fingerprint density at radius 3 is 2.90 bits per heavy atom. The van der Waals surface area contributed by atoms with E-state index < -0.39 is 0 Å². The van der Waals surface area contributed by atoms with Crippen molar-refractivity contribution in [2.24, 2.45) is 0 Å². The van der Waals surface area contributed by atoms with E-state index in [2.05, 4.69) is 24.5 Å². The molecule has 1 aromatic rings. The molecule has 1 fully saturated rings. The Kier molecular flexibility index (Phi) is 5.38. The van der Waals surface area contributed by atoms with E-state index in [0.717, 1.165) is 24.3 Å². The molecule has 2 rings (SSSR count). The number of methoxy groups -OCH3 is 1. The van der Waals surface area contributed by atoms with Crippen molar-refractivity contribution in [1.29, 1.82) is 0 Å². The first-order valence-electron chi connectivity index (χ1n) is 7.43. The van der Waals surface area contributed by atoms with Gasteiger partial charge in [0.25, 0.3) is 0 Å². The molecule has 0 bridgehead atoms. The highest BCUT2D eigenvalue weighted by atomic mass is 19.1. The first-order chi connectivity index (χ1) is 9.60. The van der Waals surface area contributed by atoms with E-state index in [-0.39, 0.29) is 11.9 Å². The highest BCUT2D eigenvalue weighted by Crippen LogP contribution is 2.26. The number of ether oxygens (including phenoxy) is 1. The summed E-state index contributed by atoms with van der Waals surface area (Å²) in [5.41, 5.74) is 0.874. The van der Waals surface area contributed by atoms with Gasteiger partial charge in [-0.2, -0.15) is 0 Å². The van der Waals surface area contributed by atoms with Crippen molar-refractivity contribution in [2.75, 3.05) is 13.7 Å². The van der Waals surface area contributed by atoms with Gasteiger partial charge < -0.3 is 15.4 Å². The number of nitrogens with one attached hydrogen (secondary N) is 2. The van der Waals surface area contributed by atoms with Crippen LogP contribution in [0.15, 0.2) is 18.2 Å². The van der Waals surface area contributed by atoms with Crippen LogP contribution in [0.25, 0.3) is 0 Å². The fourth-order valence-electron chi connectivity index (χ4n) is 3.01. The van der Waals surface area contributed by atoms with E-state index in [1.165, 1.54) is 18.9 Å². The summed E-state index contributed by atoms with van der Waals surface area (Å²) in [5, 5.41) is 7.05. The van der Waals surface area contributed by atoms with E-state index in [9.17, 15) is 4.39 Å². The molecule has 4 heteroatoms. The lowest BCUT2D eigenvalue weighted by Gasteiger charge is -2.24. The predicted octanol–water partition coefficient (Wildman–Crippen LogP) is 3.02. The van der Waals surface area contributed by atoms with Gasteiger partial charge in [-0.1, -0.05) is 0 Å². The first-order valence-corrected chi connectivity index (χ1v) is 7.43.